The molecular weight excluding hydrogens is 234 g/mol. The maximum absolute atomic E-state index is 4.70. The Balaban J connectivity index is 2.29. The highest BCUT2D eigenvalue weighted by atomic mass is 14.9. The van der Waals surface area contributed by atoms with Crippen molar-refractivity contribution >= 4 is 0 Å². The van der Waals surface area contributed by atoms with Crippen molar-refractivity contribution in [2.75, 3.05) is 13.6 Å². The number of aryl methyl sites for hydroxylation is 3. The molecule has 0 saturated carbocycles. The standard InChI is InChI=1S/C16H21N3/c1-12-7-4-5-8-14(12)15-11-13(2)18-16(19-15)9-6-10-17-3/h4-5,7-8,11,17H,6,9-10H2,1-3H3. The van der Waals surface area contributed by atoms with Gasteiger partial charge in [0.25, 0.3) is 0 Å². The van der Waals surface area contributed by atoms with Crippen LogP contribution in [-0.2, 0) is 6.42 Å². The molecule has 2 aromatic rings. The third-order valence-electron chi connectivity index (χ3n) is 3.15. The summed E-state index contributed by atoms with van der Waals surface area (Å²) in [6.45, 7) is 5.15. The largest absolute Gasteiger partial charge is 0.320 e. The van der Waals surface area contributed by atoms with E-state index in [1.165, 1.54) is 11.1 Å². The Morgan fingerprint density at radius 2 is 1.89 bits per heavy atom. The molecule has 0 spiro atoms. The van der Waals surface area contributed by atoms with E-state index in [1.807, 2.05) is 14.0 Å². The SMILES string of the molecule is CNCCCc1nc(C)cc(-c2ccccc2C)n1. The number of nitrogens with zero attached hydrogens (tertiary/aromatic N) is 2. The number of hydrogen-bond acceptors (Lipinski definition) is 3. The van der Waals surface area contributed by atoms with E-state index in [0.29, 0.717) is 0 Å². The lowest BCUT2D eigenvalue weighted by atomic mass is 10.1. The minimum atomic E-state index is 0.918. The quantitative estimate of drug-likeness (QED) is 0.835. The molecule has 0 unspecified atom stereocenters. The second-order valence-electron chi connectivity index (χ2n) is 4.83. The van der Waals surface area contributed by atoms with Crippen molar-refractivity contribution < 1.29 is 0 Å². The van der Waals surface area contributed by atoms with Gasteiger partial charge in [-0.25, -0.2) is 9.97 Å². The summed E-state index contributed by atoms with van der Waals surface area (Å²) in [7, 11) is 1.97. The van der Waals surface area contributed by atoms with Crippen molar-refractivity contribution in [1.29, 1.82) is 0 Å². The molecule has 0 saturated heterocycles. The van der Waals surface area contributed by atoms with E-state index in [0.717, 1.165) is 36.6 Å². The Hall–Kier alpha value is -1.74. The smallest absolute Gasteiger partial charge is 0.129 e. The molecular formula is C16H21N3. The Bertz CT molecular complexity index is 549. The summed E-state index contributed by atoms with van der Waals surface area (Å²) in [5.74, 6) is 0.938. The van der Waals surface area contributed by atoms with Crippen LogP contribution >= 0.6 is 0 Å². The van der Waals surface area contributed by atoms with Gasteiger partial charge in [-0.1, -0.05) is 24.3 Å². The molecule has 1 N–H and O–H groups in total. The molecule has 0 aliphatic rings. The van der Waals surface area contributed by atoms with Gasteiger partial charge in [-0.05, 0) is 45.5 Å². The van der Waals surface area contributed by atoms with Crippen LogP contribution in [0.1, 0.15) is 23.5 Å². The lowest BCUT2D eigenvalue weighted by molar-refractivity contribution is 0.701. The van der Waals surface area contributed by atoms with Gasteiger partial charge in [-0.3, -0.25) is 0 Å². The summed E-state index contributed by atoms with van der Waals surface area (Å²) in [6, 6.07) is 10.4. The molecule has 1 aromatic heterocycles. The number of benzene rings is 1. The molecule has 3 heteroatoms. The third kappa shape index (κ3) is 3.61. The maximum Gasteiger partial charge on any atom is 0.129 e. The third-order valence-corrected chi connectivity index (χ3v) is 3.15. The topological polar surface area (TPSA) is 37.8 Å². The van der Waals surface area contributed by atoms with Crippen molar-refractivity contribution in [3.8, 4) is 11.3 Å². The average molecular weight is 255 g/mol. The van der Waals surface area contributed by atoms with Crippen LogP contribution in [0.4, 0.5) is 0 Å². The van der Waals surface area contributed by atoms with Crippen molar-refractivity contribution in [1.82, 2.24) is 15.3 Å². The van der Waals surface area contributed by atoms with E-state index in [4.69, 9.17) is 4.98 Å². The van der Waals surface area contributed by atoms with Gasteiger partial charge < -0.3 is 5.32 Å². The molecule has 0 atom stereocenters. The van der Waals surface area contributed by atoms with Gasteiger partial charge >= 0.3 is 0 Å². The fourth-order valence-corrected chi connectivity index (χ4v) is 2.16. The molecule has 19 heavy (non-hydrogen) atoms. The second kappa shape index (κ2) is 6.43. The molecule has 0 aliphatic heterocycles. The lowest BCUT2D eigenvalue weighted by Gasteiger charge is -2.08. The summed E-state index contributed by atoms with van der Waals surface area (Å²) in [4.78, 5) is 9.22. The molecule has 2 rings (SSSR count). The summed E-state index contributed by atoms with van der Waals surface area (Å²) < 4.78 is 0. The first-order valence-corrected chi connectivity index (χ1v) is 6.76. The van der Waals surface area contributed by atoms with Crippen molar-refractivity contribution in [2.45, 2.75) is 26.7 Å². The first-order chi connectivity index (χ1) is 9.20. The van der Waals surface area contributed by atoms with E-state index in [2.05, 4.69) is 47.6 Å². The van der Waals surface area contributed by atoms with E-state index in [-0.39, 0.29) is 0 Å². The highest BCUT2D eigenvalue weighted by Gasteiger charge is 2.06. The summed E-state index contributed by atoms with van der Waals surface area (Å²) in [5, 5.41) is 3.15. The molecule has 1 heterocycles. The summed E-state index contributed by atoms with van der Waals surface area (Å²) in [6.07, 6.45) is 1.98. The van der Waals surface area contributed by atoms with Gasteiger partial charge in [0.05, 0.1) is 5.69 Å². The van der Waals surface area contributed by atoms with Gasteiger partial charge in [-0.2, -0.15) is 0 Å². The molecule has 0 radical (unpaired) electrons. The fourth-order valence-electron chi connectivity index (χ4n) is 2.16. The van der Waals surface area contributed by atoms with Crippen LogP contribution in [0.15, 0.2) is 30.3 Å². The van der Waals surface area contributed by atoms with Gasteiger partial charge in [0.1, 0.15) is 5.82 Å². The lowest BCUT2D eigenvalue weighted by Crippen LogP contribution is -2.10. The van der Waals surface area contributed by atoms with Crippen LogP contribution in [0.25, 0.3) is 11.3 Å². The second-order valence-corrected chi connectivity index (χ2v) is 4.83. The molecule has 1 aromatic carbocycles. The summed E-state index contributed by atoms with van der Waals surface area (Å²) >= 11 is 0. The van der Waals surface area contributed by atoms with Crippen molar-refractivity contribution in [3.63, 3.8) is 0 Å². The van der Waals surface area contributed by atoms with E-state index >= 15 is 0 Å². The van der Waals surface area contributed by atoms with Gasteiger partial charge in [0, 0.05) is 17.7 Å². The van der Waals surface area contributed by atoms with Gasteiger partial charge in [-0.15, -0.1) is 0 Å². The zero-order valence-electron chi connectivity index (χ0n) is 11.9. The Morgan fingerprint density at radius 3 is 2.63 bits per heavy atom. The predicted molar refractivity (Wildman–Crippen MR) is 79.2 cm³/mol. The first-order valence-electron chi connectivity index (χ1n) is 6.76. The van der Waals surface area contributed by atoms with E-state index in [9.17, 15) is 0 Å². The normalized spacial score (nSPS) is 10.7. The minimum absolute atomic E-state index is 0.918. The summed E-state index contributed by atoms with van der Waals surface area (Å²) in [5.41, 5.74) is 4.52. The predicted octanol–water partition coefficient (Wildman–Crippen LogP) is 2.91. The molecule has 0 amide bonds. The van der Waals surface area contributed by atoms with Crippen LogP contribution in [0.3, 0.4) is 0 Å². The van der Waals surface area contributed by atoms with Crippen LogP contribution < -0.4 is 5.32 Å². The Labute approximate surface area is 115 Å². The molecule has 0 aliphatic carbocycles. The molecule has 0 fully saturated rings. The Kier molecular flexibility index (Phi) is 4.63. The Morgan fingerprint density at radius 1 is 1.11 bits per heavy atom. The monoisotopic (exact) mass is 255 g/mol. The van der Waals surface area contributed by atoms with E-state index < -0.39 is 0 Å². The molecule has 100 valence electrons. The van der Waals surface area contributed by atoms with Crippen LogP contribution in [0.2, 0.25) is 0 Å². The van der Waals surface area contributed by atoms with Crippen molar-refractivity contribution in [3.05, 3.63) is 47.4 Å². The van der Waals surface area contributed by atoms with Crippen LogP contribution in [0.5, 0.6) is 0 Å². The highest BCUT2D eigenvalue weighted by molar-refractivity contribution is 5.63. The zero-order chi connectivity index (χ0) is 13.7. The number of hydrogen-bond donors (Lipinski definition) is 1. The molecule has 3 nitrogen and oxygen atoms in total. The highest BCUT2D eigenvalue weighted by Crippen LogP contribution is 2.21. The first kappa shape index (κ1) is 13.7. The van der Waals surface area contributed by atoms with Gasteiger partial charge in [0.15, 0.2) is 0 Å². The number of aromatic nitrogens is 2. The van der Waals surface area contributed by atoms with Crippen LogP contribution in [-0.4, -0.2) is 23.6 Å². The number of rotatable bonds is 5. The fraction of sp³-hybridized carbons (Fsp3) is 0.375. The molecule has 0 bridgehead atoms. The van der Waals surface area contributed by atoms with Crippen LogP contribution in [0, 0.1) is 13.8 Å². The minimum Gasteiger partial charge on any atom is -0.320 e. The zero-order valence-corrected chi connectivity index (χ0v) is 11.9. The average Bonchev–Trinajstić information content (AvgIpc) is 2.39. The van der Waals surface area contributed by atoms with Crippen molar-refractivity contribution in [2.24, 2.45) is 0 Å². The maximum atomic E-state index is 4.70. The van der Waals surface area contributed by atoms with E-state index in [1.54, 1.807) is 0 Å². The van der Waals surface area contributed by atoms with Gasteiger partial charge in [0.2, 0.25) is 0 Å². The number of nitrogens with one attached hydrogen (secondary N) is 1.